The van der Waals surface area contributed by atoms with Crippen LogP contribution in [-0.4, -0.2) is 71.9 Å². The summed E-state index contributed by atoms with van der Waals surface area (Å²) in [6.45, 7) is 0. The van der Waals surface area contributed by atoms with Crippen molar-refractivity contribution in [3.63, 3.8) is 0 Å². The fraction of sp³-hybridized carbons (Fsp3) is 0. The van der Waals surface area contributed by atoms with Crippen molar-refractivity contribution < 1.29 is 41.6 Å². The van der Waals surface area contributed by atoms with E-state index in [4.69, 9.17) is 19.2 Å². The summed E-state index contributed by atoms with van der Waals surface area (Å²) in [4.78, 5) is 34.3. The second-order valence-corrected chi connectivity index (χ2v) is 1.50. The molecule has 0 saturated carbocycles. The van der Waals surface area contributed by atoms with Gasteiger partial charge in [-0.05, 0) is 0 Å². The number of hydrogen-bond acceptors (Lipinski definition) is 4. The van der Waals surface area contributed by atoms with Crippen LogP contribution in [0.25, 0.3) is 0 Å². The van der Waals surface area contributed by atoms with Crippen LogP contribution >= 0.6 is 0 Å². The van der Waals surface area contributed by atoms with E-state index >= 15 is 0 Å². The van der Waals surface area contributed by atoms with Crippen molar-refractivity contribution in [2.75, 3.05) is 0 Å². The summed E-state index contributed by atoms with van der Waals surface area (Å²) in [5.74, 6) is 0. The zero-order chi connectivity index (χ0) is 4.50. The molecule has 4 nitrogen and oxygen atoms in total. The van der Waals surface area contributed by atoms with Crippen LogP contribution in [0.5, 0.6) is 0 Å². The summed E-state index contributed by atoms with van der Waals surface area (Å²) in [5.41, 5.74) is 0. The maximum atomic E-state index is 8.58. The molecule has 0 amide bonds. The van der Waals surface area contributed by atoms with Crippen LogP contribution in [0.1, 0.15) is 0 Å². The van der Waals surface area contributed by atoms with Crippen molar-refractivity contribution in [3.8, 4) is 0 Å². The first-order valence-corrected chi connectivity index (χ1v) is 2.45. The Kier molecular flexibility index (Phi) is 27.5. The van der Waals surface area contributed by atoms with E-state index in [0.717, 1.165) is 0 Å². The van der Waals surface area contributed by atoms with Gasteiger partial charge in [-0.25, -0.2) is 0 Å². The molecule has 0 aromatic heterocycles. The van der Waals surface area contributed by atoms with Gasteiger partial charge in [0.2, 0.25) is 0 Å². The summed E-state index contributed by atoms with van der Waals surface area (Å²) in [5, 5.41) is 0. The standard InChI is InChI=1S/Al.O4Si.Sr.Ta/c;1-5(2,3)4;;/q+3;-4;+2;+5. The Labute approximate surface area is 111 Å². The first-order chi connectivity index (χ1) is 2.00. The Balaban J connectivity index is -0.0000000267. The Bertz CT molecular complexity index is 31.5. The second kappa shape index (κ2) is 9.81. The van der Waals surface area contributed by atoms with E-state index in [2.05, 4.69) is 0 Å². The largest absolute Gasteiger partial charge is 5.00 e. The molecule has 0 N–H and O–H groups in total. The minimum absolute atomic E-state index is 0. The molecule has 0 aliphatic rings. The molecule has 0 bridgehead atoms. The SMILES string of the molecule is [Al+3].[O-][Si]([O-])([O-])[O-].[Sr+2].[Ta+5]. The van der Waals surface area contributed by atoms with Crippen LogP contribution in [0, 0.1) is 0 Å². The minimum Gasteiger partial charge on any atom is -0.894 e. The molecular formula is AlO4SiSrTa+6. The van der Waals surface area contributed by atoms with Gasteiger partial charge < -0.3 is 28.2 Å². The molecule has 0 saturated heterocycles. The molecule has 0 rings (SSSR count). The van der Waals surface area contributed by atoms with Gasteiger partial charge in [0.25, 0.3) is 0 Å². The first kappa shape index (κ1) is 22.4. The van der Waals surface area contributed by atoms with Gasteiger partial charge in [0.1, 0.15) is 0 Å². The van der Waals surface area contributed by atoms with E-state index in [0.29, 0.717) is 0 Å². The Morgan fingerprint density at radius 3 is 0.875 bits per heavy atom. The summed E-state index contributed by atoms with van der Waals surface area (Å²) in [6.07, 6.45) is 0. The molecule has 0 atom stereocenters. The fourth-order valence-electron chi connectivity index (χ4n) is 0. The monoisotopic (exact) mass is 388 g/mol. The van der Waals surface area contributed by atoms with E-state index < -0.39 is 9.05 Å². The first-order valence-electron chi connectivity index (χ1n) is 0.816. The van der Waals surface area contributed by atoms with Crippen molar-refractivity contribution >= 4 is 71.9 Å². The molecule has 8 heavy (non-hydrogen) atoms. The zero-order valence-corrected chi connectivity index (χ0v) is 12.7. The van der Waals surface area contributed by atoms with Crippen LogP contribution in [-0.2, 0) is 22.4 Å². The third-order valence-electron chi connectivity index (χ3n) is 0. The molecule has 0 spiro atoms. The van der Waals surface area contributed by atoms with Gasteiger partial charge in [0.15, 0.2) is 0 Å². The molecule has 0 heterocycles. The molecule has 0 fully saturated rings. The third-order valence-corrected chi connectivity index (χ3v) is 0. The predicted molar refractivity (Wildman–Crippen MR) is 17.3 cm³/mol. The summed E-state index contributed by atoms with van der Waals surface area (Å²) in [6, 6.07) is 0. The van der Waals surface area contributed by atoms with Gasteiger partial charge in [-0.3, -0.25) is 0 Å². The maximum Gasteiger partial charge on any atom is 5.00 e. The average Bonchev–Trinajstić information content (AvgIpc) is 0.722. The maximum absolute atomic E-state index is 8.58. The minimum atomic E-state index is -5.61. The average molecular weight is 388 g/mol. The normalized spacial score (nSPS) is 7.50. The molecule has 0 aromatic rings. The molecule has 32 valence electrons. The van der Waals surface area contributed by atoms with Gasteiger partial charge in [-0.15, -0.1) is 0 Å². The topological polar surface area (TPSA) is 92.2 Å². The van der Waals surface area contributed by atoms with Crippen molar-refractivity contribution in [2.24, 2.45) is 0 Å². The zero-order valence-electron chi connectivity index (χ0n) is 3.86. The Hall–Kier alpha value is 2.81. The van der Waals surface area contributed by atoms with Gasteiger partial charge in [0.05, 0.1) is 0 Å². The fourth-order valence-corrected chi connectivity index (χ4v) is 0. The number of rotatable bonds is 0. The van der Waals surface area contributed by atoms with E-state index in [9.17, 15) is 0 Å². The van der Waals surface area contributed by atoms with E-state index in [1.165, 1.54) is 0 Å². The summed E-state index contributed by atoms with van der Waals surface area (Å²) >= 11 is 0. The second-order valence-electron chi connectivity index (χ2n) is 0.500. The van der Waals surface area contributed by atoms with Crippen LogP contribution in [0.15, 0.2) is 0 Å². The van der Waals surface area contributed by atoms with Crippen LogP contribution in [0.2, 0.25) is 0 Å². The van der Waals surface area contributed by atoms with Gasteiger partial charge in [-0.1, -0.05) is 0 Å². The van der Waals surface area contributed by atoms with E-state index in [1.54, 1.807) is 0 Å². The summed E-state index contributed by atoms with van der Waals surface area (Å²) in [7, 11) is -5.61. The van der Waals surface area contributed by atoms with E-state index in [-0.39, 0.29) is 85.2 Å². The quantitative estimate of drug-likeness (QED) is 0.387. The molecule has 0 aliphatic carbocycles. The van der Waals surface area contributed by atoms with E-state index in [1.807, 2.05) is 0 Å². The molecular weight excluding hydrogens is 388 g/mol. The molecule has 8 heteroatoms. The van der Waals surface area contributed by atoms with Crippen molar-refractivity contribution in [1.29, 1.82) is 0 Å². The molecule has 0 unspecified atom stereocenters. The van der Waals surface area contributed by atoms with Crippen molar-refractivity contribution in [3.05, 3.63) is 0 Å². The van der Waals surface area contributed by atoms with Crippen molar-refractivity contribution in [1.82, 2.24) is 0 Å². The van der Waals surface area contributed by atoms with Crippen molar-refractivity contribution in [2.45, 2.75) is 0 Å². The Morgan fingerprint density at radius 1 is 0.875 bits per heavy atom. The van der Waals surface area contributed by atoms with Gasteiger partial charge >= 0.3 is 85.2 Å². The van der Waals surface area contributed by atoms with Crippen LogP contribution < -0.4 is 19.2 Å². The molecule has 0 aromatic carbocycles. The predicted octanol–water partition coefficient (Wildman–Crippen LogP) is -5.90. The van der Waals surface area contributed by atoms with Crippen LogP contribution in [0.3, 0.4) is 0 Å². The van der Waals surface area contributed by atoms with Gasteiger partial charge in [-0.2, -0.15) is 0 Å². The number of hydrogen-bond donors (Lipinski definition) is 0. The molecule has 0 radical (unpaired) electrons. The molecule has 0 aliphatic heterocycles. The smallest absolute Gasteiger partial charge is 0.894 e. The summed E-state index contributed by atoms with van der Waals surface area (Å²) < 4.78 is 0. The van der Waals surface area contributed by atoms with Gasteiger partial charge in [0, 0.05) is 0 Å². The van der Waals surface area contributed by atoms with Crippen LogP contribution in [0.4, 0.5) is 0 Å². The third kappa shape index (κ3) is 68.1. The Morgan fingerprint density at radius 2 is 0.875 bits per heavy atom.